The second-order valence-corrected chi connectivity index (χ2v) is 7.40. The third kappa shape index (κ3) is 3.22. The molecule has 1 aromatic carbocycles. The maximum Gasteiger partial charge on any atom is 0.262 e. The molecule has 1 N–H and O–H groups in total. The van der Waals surface area contributed by atoms with Gasteiger partial charge in [0.1, 0.15) is 10.9 Å². The number of hydrogen-bond acceptors (Lipinski definition) is 4. The molecular weight excluding hydrogens is 334 g/mol. The van der Waals surface area contributed by atoms with Crippen LogP contribution < -0.4 is 10.9 Å². The van der Waals surface area contributed by atoms with Gasteiger partial charge in [-0.25, -0.2) is 4.98 Å². The van der Waals surface area contributed by atoms with Crippen LogP contribution in [-0.4, -0.2) is 15.5 Å². The largest absolute Gasteiger partial charge is 0.324 e. The lowest BCUT2D eigenvalue weighted by atomic mass is 10.1. The van der Waals surface area contributed by atoms with Crippen molar-refractivity contribution in [2.45, 2.75) is 40.2 Å². The number of aryl methyl sites for hydroxylation is 3. The summed E-state index contributed by atoms with van der Waals surface area (Å²) in [6.45, 7) is 7.67. The summed E-state index contributed by atoms with van der Waals surface area (Å²) in [6.07, 6.45) is 2.29. The molecule has 1 amide bonds. The number of carbonyl (C=O) groups excluding carboxylic acids is 1. The third-order valence-corrected chi connectivity index (χ3v) is 5.34. The van der Waals surface area contributed by atoms with Crippen molar-refractivity contribution in [3.05, 3.63) is 57.0 Å². The molecule has 1 atom stereocenters. The summed E-state index contributed by atoms with van der Waals surface area (Å²) in [5, 5.41) is 3.55. The number of nitrogens with one attached hydrogen (secondary N) is 1. The van der Waals surface area contributed by atoms with E-state index in [1.165, 1.54) is 22.2 Å². The van der Waals surface area contributed by atoms with E-state index in [0.29, 0.717) is 10.2 Å². The number of thiophene rings is 1. The number of hydrogen-bond donors (Lipinski definition) is 1. The highest BCUT2D eigenvalue weighted by Gasteiger charge is 2.20. The maximum atomic E-state index is 12.7. The molecule has 6 heteroatoms. The number of amides is 1. The Morgan fingerprint density at radius 1 is 1.36 bits per heavy atom. The lowest BCUT2D eigenvalue weighted by molar-refractivity contribution is -0.118. The normalized spacial score (nSPS) is 12.3. The van der Waals surface area contributed by atoms with E-state index in [4.69, 9.17) is 0 Å². The van der Waals surface area contributed by atoms with Crippen LogP contribution in [0.2, 0.25) is 0 Å². The molecule has 0 saturated carbocycles. The van der Waals surface area contributed by atoms with Gasteiger partial charge in [-0.1, -0.05) is 25.1 Å². The zero-order valence-electron chi connectivity index (χ0n) is 14.8. The molecule has 3 aromatic rings. The molecule has 0 bridgehead atoms. The molecular formula is C19H21N3O2S. The van der Waals surface area contributed by atoms with Crippen LogP contribution in [0.4, 0.5) is 5.69 Å². The van der Waals surface area contributed by atoms with Crippen molar-refractivity contribution in [2.24, 2.45) is 0 Å². The van der Waals surface area contributed by atoms with Crippen LogP contribution in [-0.2, 0) is 11.2 Å². The molecule has 0 saturated heterocycles. The molecule has 0 fully saturated rings. The average molecular weight is 355 g/mol. The second kappa shape index (κ2) is 6.80. The molecule has 0 aliphatic rings. The number of carbonyl (C=O) groups is 1. The molecule has 0 radical (unpaired) electrons. The molecule has 0 aliphatic heterocycles. The fourth-order valence-corrected chi connectivity index (χ4v) is 3.73. The van der Waals surface area contributed by atoms with E-state index in [2.05, 4.69) is 17.2 Å². The SMILES string of the molecule is CCc1cccc(C)c1NC(=O)[C@H](C)n1cnc2sc(C)cc2c1=O. The fraction of sp³-hybridized carbons (Fsp3) is 0.316. The first kappa shape index (κ1) is 17.4. The van der Waals surface area contributed by atoms with Gasteiger partial charge in [0.15, 0.2) is 0 Å². The average Bonchev–Trinajstić information content (AvgIpc) is 2.97. The lowest BCUT2D eigenvalue weighted by Gasteiger charge is -2.18. The number of nitrogens with zero attached hydrogens (tertiary/aromatic N) is 2. The van der Waals surface area contributed by atoms with E-state index in [1.54, 1.807) is 6.92 Å². The summed E-state index contributed by atoms with van der Waals surface area (Å²) in [5.74, 6) is -0.223. The van der Waals surface area contributed by atoms with Crippen molar-refractivity contribution in [1.29, 1.82) is 0 Å². The monoisotopic (exact) mass is 355 g/mol. The third-order valence-electron chi connectivity index (χ3n) is 4.38. The van der Waals surface area contributed by atoms with E-state index in [1.807, 2.05) is 38.1 Å². The molecule has 25 heavy (non-hydrogen) atoms. The fourth-order valence-electron chi connectivity index (χ4n) is 2.89. The Morgan fingerprint density at radius 2 is 2.12 bits per heavy atom. The Bertz CT molecular complexity index is 1000. The topological polar surface area (TPSA) is 64.0 Å². The number of aromatic nitrogens is 2. The van der Waals surface area contributed by atoms with E-state index in [9.17, 15) is 9.59 Å². The Balaban J connectivity index is 1.94. The molecule has 0 aliphatic carbocycles. The molecule has 2 aromatic heterocycles. The van der Waals surface area contributed by atoms with E-state index in [-0.39, 0.29) is 11.5 Å². The van der Waals surface area contributed by atoms with Gasteiger partial charge in [-0.2, -0.15) is 0 Å². The van der Waals surface area contributed by atoms with Gasteiger partial charge in [0.2, 0.25) is 5.91 Å². The minimum Gasteiger partial charge on any atom is -0.324 e. The van der Waals surface area contributed by atoms with Gasteiger partial charge in [0.25, 0.3) is 5.56 Å². The van der Waals surface area contributed by atoms with Crippen LogP contribution in [0.25, 0.3) is 10.2 Å². The van der Waals surface area contributed by atoms with Gasteiger partial charge in [0, 0.05) is 10.6 Å². The van der Waals surface area contributed by atoms with Crippen molar-refractivity contribution in [3.63, 3.8) is 0 Å². The minimum absolute atomic E-state index is 0.183. The quantitative estimate of drug-likeness (QED) is 0.773. The number of para-hydroxylation sites is 1. The number of benzene rings is 1. The van der Waals surface area contributed by atoms with Gasteiger partial charge in [-0.05, 0) is 44.4 Å². The number of anilines is 1. The van der Waals surface area contributed by atoms with Crippen molar-refractivity contribution in [2.75, 3.05) is 5.32 Å². The van der Waals surface area contributed by atoms with Gasteiger partial charge in [-0.15, -0.1) is 11.3 Å². The van der Waals surface area contributed by atoms with E-state index in [0.717, 1.165) is 28.1 Å². The highest BCUT2D eigenvalue weighted by atomic mass is 32.1. The second-order valence-electron chi connectivity index (χ2n) is 6.16. The molecule has 0 unspecified atom stereocenters. The molecule has 130 valence electrons. The zero-order chi connectivity index (χ0) is 18.1. The summed E-state index contributed by atoms with van der Waals surface area (Å²) in [4.78, 5) is 31.5. The lowest BCUT2D eigenvalue weighted by Crippen LogP contribution is -2.32. The summed E-state index contributed by atoms with van der Waals surface area (Å²) in [7, 11) is 0. The molecule has 3 rings (SSSR count). The Hall–Kier alpha value is -2.47. The van der Waals surface area contributed by atoms with Gasteiger partial charge >= 0.3 is 0 Å². The van der Waals surface area contributed by atoms with Gasteiger partial charge in [0.05, 0.1) is 11.7 Å². The Morgan fingerprint density at radius 3 is 2.84 bits per heavy atom. The zero-order valence-corrected chi connectivity index (χ0v) is 15.6. The van der Waals surface area contributed by atoms with Crippen LogP contribution in [0.3, 0.4) is 0 Å². The van der Waals surface area contributed by atoms with Crippen LogP contribution in [0.1, 0.15) is 35.9 Å². The van der Waals surface area contributed by atoms with Crippen LogP contribution in [0.5, 0.6) is 0 Å². The highest BCUT2D eigenvalue weighted by molar-refractivity contribution is 7.18. The molecule has 0 spiro atoms. The Labute approximate surface area is 150 Å². The predicted octanol–water partition coefficient (Wildman–Crippen LogP) is 3.84. The van der Waals surface area contributed by atoms with Crippen LogP contribution in [0, 0.1) is 13.8 Å². The Kier molecular flexibility index (Phi) is 4.72. The number of rotatable bonds is 4. The van der Waals surface area contributed by atoms with Crippen molar-refractivity contribution in [3.8, 4) is 0 Å². The van der Waals surface area contributed by atoms with E-state index >= 15 is 0 Å². The van der Waals surface area contributed by atoms with Gasteiger partial charge < -0.3 is 5.32 Å². The summed E-state index contributed by atoms with van der Waals surface area (Å²) in [5.41, 5.74) is 2.73. The predicted molar refractivity (Wildman–Crippen MR) is 103 cm³/mol. The molecule has 5 nitrogen and oxygen atoms in total. The maximum absolute atomic E-state index is 12.7. The summed E-state index contributed by atoms with van der Waals surface area (Å²) >= 11 is 1.48. The number of fused-ring (bicyclic) bond motifs is 1. The van der Waals surface area contributed by atoms with E-state index < -0.39 is 6.04 Å². The van der Waals surface area contributed by atoms with Crippen LogP contribution >= 0.6 is 11.3 Å². The summed E-state index contributed by atoms with van der Waals surface area (Å²) in [6, 6.07) is 7.13. The standard InChI is InChI=1S/C19H21N3O2S/c1-5-14-8-6-7-11(2)16(14)21-17(23)13(4)22-10-20-18-15(19(22)24)9-12(3)25-18/h6-10,13H,5H2,1-4H3,(H,21,23)/t13-/m0/s1. The van der Waals surface area contributed by atoms with Crippen molar-refractivity contribution < 1.29 is 4.79 Å². The van der Waals surface area contributed by atoms with Crippen molar-refractivity contribution in [1.82, 2.24) is 9.55 Å². The first-order valence-electron chi connectivity index (χ1n) is 8.29. The first-order valence-corrected chi connectivity index (χ1v) is 9.10. The highest BCUT2D eigenvalue weighted by Crippen LogP contribution is 2.23. The van der Waals surface area contributed by atoms with Gasteiger partial charge in [-0.3, -0.25) is 14.2 Å². The summed E-state index contributed by atoms with van der Waals surface area (Å²) < 4.78 is 1.40. The van der Waals surface area contributed by atoms with Crippen LogP contribution in [0.15, 0.2) is 35.4 Å². The van der Waals surface area contributed by atoms with Crippen molar-refractivity contribution >= 4 is 33.1 Å². The molecule has 2 heterocycles. The minimum atomic E-state index is -0.645. The smallest absolute Gasteiger partial charge is 0.262 e. The first-order chi connectivity index (χ1) is 11.9.